The molecule has 1 atom stereocenters. The summed E-state index contributed by atoms with van der Waals surface area (Å²) in [6, 6.07) is 7.22. The molecule has 0 aliphatic heterocycles. The number of halogens is 2. The highest BCUT2D eigenvalue weighted by Crippen LogP contribution is 2.36. The fraction of sp³-hybridized carbons (Fsp3) is 0.250. The van der Waals surface area contributed by atoms with Crippen LogP contribution in [0.1, 0.15) is 35.2 Å². The average Bonchev–Trinajstić information content (AvgIpc) is 2.99. The van der Waals surface area contributed by atoms with Gasteiger partial charge in [0.15, 0.2) is 5.82 Å². The molecule has 0 fully saturated rings. The number of hydrogen-bond donors (Lipinski definition) is 1. The molecule has 1 unspecified atom stereocenters. The van der Waals surface area contributed by atoms with Crippen LogP contribution in [-0.4, -0.2) is 9.97 Å². The molecular formula is C20H15Cl2N3OS. The summed E-state index contributed by atoms with van der Waals surface area (Å²) in [5.74, 6) is 0.846. The standard InChI is InChI=1S/C20H15Cl2N3OS/c1-10-5-6-12-16(7-10)27-20-17(12)19(26)24-18(25-20)11(9-23)8-13-14(21)3-2-4-15(13)22/h2-4,8,10H,5-7H2,1H3,(H,24,25,26)/b11-8+. The molecule has 1 aliphatic rings. The van der Waals surface area contributed by atoms with Gasteiger partial charge in [-0.1, -0.05) is 36.2 Å². The molecule has 7 heteroatoms. The van der Waals surface area contributed by atoms with Crippen LogP contribution < -0.4 is 5.56 Å². The van der Waals surface area contributed by atoms with Crippen LogP contribution >= 0.6 is 34.5 Å². The van der Waals surface area contributed by atoms with Gasteiger partial charge in [0, 0.05) is 20.5 Å². The van der Waals surface area contributed by atoms with E-state index in [1.165, 1.54) is 4.88 Å². The van der Waals surface area contributed by atoms with E-state index in [-0.39, 0.29) is 17.0 Å². The lowest BCUT2D eigenvalue weighted by molar-refractivity contribution is 0.509. The van der Waals surface area contributed by atoms with Gasteiger partial charge in [-0.2, -0.15) is 5.26 Å². The third-order valence-electron chi connectivity index (χ3n) is 4.83. The number of nitriles is 1. The number of fused-ring (bicyclic) bond motifs is 3. The topological polar surface area (TPSA) is 69.5 Å². The Labute approximate surface area is 170 Å². The number of aromatic amines is 1. The lowest BCUT2D eigenvalue weighted by Crippen LogP contribution is -2.14. The highest BCUT2D eigenvalue weighted by Gasteiger charge is 2.23. The Hall–Kier alpha value is -2.13. The number of benzene rings is 1. The lowest BCUT2D eigenvalue weighted by atomic mass is 9.89. The zero-order valence-electron chi connectivity index (χ0n) is 14.5. The molecule has 0 saturated heterocycles. The summed E-state index contributed by atoms with van der Waals surface area (Å²) in [5.41, 5.74) is 1.65. The van der Waals surface area contributed by atoms with Crippen molar-refractivity contribution in [3.63, 3.8) is 0 Å². The SMILES string of the molecule is CC1CCc2c(sc3nc(/C(C#N)=C/c4c(Cl)cccc4Cl)[nH]c(=O)c23)C1. The zero-order valence-corrected chi connectivity index (χ0v) is 16.8. The normalized spacial score (nSPS) is 17.0. The molecule has 0 bridgehead atoms. The Morgan fingerprint density at radius 2 is 2.15 bits per heavy atom. The van der Waals surface area contributed by atoms with Gasteiger partial charge in [0.1, 0.15) is 10.9 Å². The summed E-state index contributed by atoms with van der Waals surface area (Å²) >= 11 is 13.9. The van der Waals surface area contributed by atoms with Crippen LogP contribution in [0.3, 0.4) is 0 Å². The minimum atomic E-state index is -0.201. The summed E-state index contributed by atoms with van der Waals surface area (Å²) < 4.78 is 0. The van der Waals surface area contributed by atoms with Gasteiger partial charge >= 0.3 is 0 Å². The Kier molecular flexibility index (Phi) is 4.81. The largest absolute Gasteiger partial charge is 0.305 e. The van der Waals surface area contributed by atoms with Gasteiger partial charge in [0.25, 0.3) is 5.56 Å². The zero-order chi connectivity index (χ0) is 19.1. The Morgan fingerprint density at radius 3 is 2.85 bits per heavy atom. The molecule has 1 aliphatic carbocycles. The number of aryl methyl sites for hydroxylation is 1. The summed E-state index contributed by atoms with van der Waals surface area (Å²) in [6.45, 7) is 2.22. The highest BCUT2D eigenvalue weighted by atomic mass is 35.5. The van der Waals surface area contributed by atoms with Gasteiger partial charge in [-0.25, -0.2) is 4.98 Å². The number of rotatable bonds is 2. The Balaban J connectivity index is 1.87. The van der Waals surface area contributed by atoms with Gasteiger partial charge in [-0.15, -0.1) is 11.3 Å². The first-order valence-corrected chi connectivity index (χ1v) is 10.2. The molecule has 1 aromatic carbocycles. The molecule has 0 spiro atoms. The number of nitrogens with zero attached hydrogens (tertiary/aromatic N) is 2. The van der Waals surface area contributed by atoms with E-state index in [0.717, 1.165) is 24.8 Å². The first kappa shape index (κ1) is 18.2. The minimum Gasteiger partial charge on any atom is -0.305 e. The number of H-pyrrole nitrogens is 1. The summed E-state index contributed by atoms with van der Waals surface area (Å²) in [4.78, 5) is 22.0. The smallest absolute Gasteiger partial charge is 0.260 e. The second-order valence-electron chi connectivity index (χ2n) is 6.75. The van der Waals surface area contributed by atoms with Gasteiger partial charge in [0.05, 0.1) is 11.0 Å². The number of allylic oxidation sites excluding steroid dienone is 1. The van der Waals surface area contributed by atoms with E-state index in [1.54, 1.807) is 35.6 Å². The maximum Gasteiger partial charge on any atom is 0.260 e. The quantitative estimate of drug-likeness (QED) is 0.563. The van der Waals surface area contributed by atoms with Crippen molar-refractivity contribution in [1.82, 2.24) is 9.97 Å². The van der Waals surface area contributed by atoms with Crippen LogP contribution in [0.4, 0.5) is 0 Å². The molecule has 3 aromatic rings. The van der Waals surface area contributed by atoms with Gasteiger partial charge in [-0.3, -0.25) is 4.79 Å². The van der Waals surface area contributed by atoms with Crippen molar-refractivity contribution in [2.75, 3.05) is 0 Å². The summed E-state index contributed by atoms with van der Waals surface area (Å²) in [5, 5.41) is 11.1. The van der Waals surface area contributed by atoms with Crippen molar-refractivity contribution in [2.24, 2.45) is 5.92 Å². The molecule has 136 valence electrons. The lowest BCUT2D eigenvalue weighted by Gasteiger charge is -2.17. The van der Waals surface area contributed by atoms with Crippen LogP contribution in [0.25, 0.3) is 21.9 Å². The molecule has 4 rings (SSSR count). The predicted molar refractivity (Wildman–Crippen MR) is 111 cm³/mol. The van der Waals surface area contributed by atoms with E-state index in [0.29, 0.717) is 31.7 Å². The van der Waals surface area contributed by atoms with E-state index in [9.17, 15) is 10.1 Å². The van der Waals surface area contributed by atoms with Crippen molar-refractivity contribution < 1.29 is 0 Å². The molecule has 2 heterocycles. The fourth-order valence-corrected chi connectivity index (χ4v) is 5.31. The molecule has 1 N–H and O–H groups in total. The van der Waals surface area contributed by atoms with Crippen molar-refractivity contribution in [3.8, 4) is 6.07 Å². The van der Waals surface area contributed by atoms with Gasteiger partial charge in [-0.05, 0) is 49.0 Å². The first-order chi connectivity index (χ1) is 13.0. The maximum atomic E-state index is 12.7. The number of hydrogen-bond acceptors (Lipinski definition) is 4. The molecular weight excluding hydrogens is 401 g/mol. The first-order valence-electron chi connectivity index (χ1n) is 8.58. The molecule has 0 radical (unpaired) electrons. The van der Waals surface area contributed by atoms with Gasteiger partial charge in [0.2, 0.25) is 0 Å². The van der Waals surface area contributed by atoms with E-state index in [1.807, 2.05) is 0 Å². The van der Waals surface area contributed by atoms with E-state index < -0.39 is 0 Å². The molecule has 0 amide bonds. The van der Waals surface area contributed by atoms with Crippen LogP contribution in [0.5, 0.6) is 0 Å². The third kappa shape index (κ3) is 3.29. The summed E-state index contributed by atoms with van der Waals surface area (Å²) in [7, 11) is 0. The average molecular weight is 416 g/mol. The number of aromatic nitrogens is 2. The van der Waals surface area contributed by atoms with Crippen LogP contribution in [0, 0.1) is 17.2 Å². The van der Waals surface area contributed by atoms with Crippen molar-refractivity contribution in [1.29, 1.82) is 5.26 Å². The highest BCUT2D eigenvalue weighted by molar-refractivity contribution is 7.18. The van der Waals surface area contributed by atoms with Crippen molar-refractivity contribution >= 4 is 56.4 Å². The number of nitrogens with one attached hydrogen (secondary N) is 1. The molecule has 27 heavy (non-hydrogen) atoms. The predicted octanol–water partition coefficient (Wildman–Crippen LogP) is 5.48. The summed E-state index contributed by atoms with van der Waals surface area (Å²) in [6.07, 6.45) is 4.51. The minimum absolute atomic E-state index is 0.201. The second kappa shape index (κ2) is 7.12. The van der Waals surface area contributed by atoms with Crippen molar-refractivity contribution in [2.45, 2.75) is 26.2 Å². The van der Waals surface area contributed by atoms with Crippen LogP contribution in [0.15, 0.2) is 23.0 Å². The van der Waals surface area contributed by atoms with Crippen molar-refractivity contribution in [3.05, 3.63) is 60.4 Å². The molecule has 4 nitrogen and oxygen atoms in total. The van der Waals surface area contributed by atoms with E-state index in [2.05, 4.69) is 23.0 Å². The molecule has 2 aromatic heterocycles. The number of thiophene rings is 1. The van der Waals surface area contributed by atoms with Crippen LogP contribution in [-0.2, 0) is 12.8 Å². The molecule has 0 saturated carbocycles. The van der Waals surface area contributed by atoms with Gasteiger partial charge < -0.3 is 4.98 Å². The van der Waals surface area contributed by atoms with E-state index in [4.69, 9.17) is 23.2 Å². The van der Waals surface area contributed by atoms with E-state index >= 15 is 0 Å². The third-order valence-corrected chi connectivity index (χ3v) is 6.64. The Bertz CT molecular complexity index is 1170. The Morgan fingerprint density at radius 1 is 1.41 bits per heavy atom. The monoisotopic (exact) mass is 415 g/mol. The second-order valence-corrected chi connectivity index (χ2v) is 8.65. The maximum absolute atomic E-state index is 12.7. The van der Waals surface area contributed by atoms with Crippen LogP contribution in [0.2, 0.25) is 10.0 Å². The fourth-order valence-electron chi connectivity index (χ4n) is 3.42.